The number of hydrogen-bond donors (Lipinski definition) is 0. The molecule has 5 nitrogen and oxygen atoms in total. The first-order chi connectivity index (χ1) is 16.8. The first-order valence-electron chi connectivity index (χ1n) is 10.8. The Bertz CT molecular complexity index is 1600. The summed E-state index contributed by atoms with van der Waals surface area (Å²) in [6.07, 6.45) is 0. The number of aryl methyl sites for hydroxylation is 1. The molecule has 164 valence electrons. The number of fused-ring (bicyclic) bond motifs is 1. The molecule has 0 spiro atoms. The summed E-state index contributed by atoms with van der Waals surface area (Å²) >= 11 is 3.24. The van der Waals surface area contributed by atoms with Crippen LogP contribution in [0.2, 0.25) is 0 Å². The zero-order valence-corrected chi connectivity index (χ0v) is 19.9. The van der Waals surface area contributed by atoms with E-state index in [0.29, 0.717) is 5.82 Å². The van der Waals surface area contributed by atoms with Gasteiger partial charge in [0.25, 0.3) is 0 Å². The maximum atomic E-state index is 5.01. The summed E-state index contributed by atoms with van der Waals surface area (Å²) in [6.45, 7) is 2.03. The third-order valence-corrected chi connectivity index (χ3v) is 7.50. The normalized spacial score (nSPS) is 11.6. The summed E-state index contributed by atoms with van der Waals surface area (Å²) in [6, 6.07) is 30.3. The van der Waals surface area contributed by atoms with Crippen molar-refractivity contribution in [3.05, 3.63) is 102 Å². The highest BCUT2D eigenvalue weighted by molar-refractivity contribution is 7.18. The first-order valence-corrected chi connectivity index (χ1v) is 12.5. The fraction of sp³-hybridized carbons (Fsp3) is 0.0370. The van der Waals surface area contributed by atoms with Gasteiger partial charge in [-0.25, -0.2) is 9.97 Å². The van der Waals surface area contributed by atoms with Gasteiger partial charge in [-0.1, -0.05) is 78.9 Å². The van der Waals surface area contributed by atoms with Crippen LogP contribution in [0.1, 0.15) is 5.69 Å². The molecule has 0 N–H and O–H groups in total. The van der Waals surface area contributed by atoms with Crippen molar-refractivity contribution in [1.82, 2.24) is 14.4 Å². The molecular weight excluding hydrogens is 458 g/mol. The first kappa shape index (κ1) is 20.7. The van der Waals surface area contributed by atoms with Crippen LogP contribution in [-0.4, -0.2) is 14.4 Å². The van der Waals surface area contributed by atoms with Crippen LogP contribution >= 0.6 is 22.7 Å². The van der Waals surface area contributed by atoms with Crippen molar-refractivity contribution in [3.63, 3.8) is 0 Å². The van der Waals surface area contributed by atoms with Gasteiger partial charge in [0.15, 0.2) is 10.8 Å². The molecule has 6 rings (SSSR count). The lowest BCUT2D eigenvalue weighted by Crippen LogP contribution is -1.86. The molecule has 0 fully saturated rings. The minimum atomic E-state index is 0.713. The number of hydrogen-bond acceptors (Lipinski definition) is 6. The average Bonchev–Trinajstić information content (AvgIpc) is 3.58. The molecule has 0 amide bonds. The molecule has 0 bridgehead atoms. The van der Waals surface area contributed by atoms with Gasteiger partial charge in [0.05, 0.1) is 22.0 Å². The van der Waals surface area contributed by atoms with Gasteiger partial charge in [0.2, 0.25) is 0 Å². The second kappa shape index (κ2) is 8.78. The van der Waals surface area contributed by atoms with E-state index in [1.54, 1.807) is 22.7 Å². The second-order valence-corrected chi connectivity index (χ2v) is 9.56. The van der Waals surface area contributed by atoms with E-state index in [0.717, 1.165) is 48.7 Å². The van der Waals surface area contributed by atoms with Crippen molar-refractivity contribution in [2.24, 2.45) is 10.2 Å². The summed E-state index contributed by atoms with van der Waals surface area (Å²) in [5.41, 5.74) is 5.80. The van der Waals surface area contributed by atoms with Crippen molar-refractivity contribution < 1.29 is 0 Å². The Balaban J connectivity index is 1.56. The van der Waals surface area contributed by atoms with Gasteiger partial charge in [-0.2, -0.15) is 0 Å². The van der Waals surface area contributed by atoms with Gasteiger partial charge in [-0.15, -0.1) is 32.9 Å². The standard InChI is InChI=1S/C27H19N5S2/c1-18-24(34-26(28-18)20-13-7-3-8-14-20)23-25(31-30-21-15-9-4-10-16-21)32-22(17-33-27(32)29-23)19-11-5-2-6-12-19/h2-17H,1H3. The van der Waals surface area contributed by atoms with E-state index in [1.807, 2.05) is 73.7 Å². The largest absolute Gasteiger partial charge is 0.265 e. The van der Waals surface area contributed by atoms with E-state index >= 15 is 0 Å². The third kappa shape index (κ3) is 3.75. The zero-order valence-electron chi connectivity index (χ0n) is 18.3. The lowest BCUT2D eigenvalue weighted by molar-refractivity contribution is 1.13. The molecule has 0 aliphatic rings. The van der Waals surface area contributed by atoms with Crippen LogP contribution in [0.5, 0.6) is 0 Å². The minimum absolute atomic E-state index is 0.713. The van der Waals surface area contributed by atoms with Gasteiger partial charge in [-0.3, -0.25) is 4.40 Å². The highest BCUT2D eigenvalue weighted by Crippen LogP contribution is 2.43. The number of benzene rings is 3. The lowest BCUT2D eigenvalue weighted by Gasteiger charge is -2.02. The van der Waals surface area contributed by atoms with Gasteiger partial charge in [0, 0.05) is 10.9 Å². The van der Waals surface area contributed by atoms with Crippen LogP contribution in [0, 0.1) is 6.92 Å². The van der Waals surface area contributed by atoms with E-state index in [1.165, 1.54) is 0 Å². The molecule has 0 atom stereocenters. The van der Waals surface area contributed by atoms with E-state index in [-0.39, 0.29) is 0 Å². The predicted molar refractivity (Wildman–Crippen MR) is 140 cm³/mol. The zero-order chi connectivity index (χ0) is 22.9. The molecule has 7 heteroatoms. The Hall–Kier alpha value is -3.94. The van der Waals surface area contributed by atoms with Crippen LogP contribution in [0.4, 0.5) is 11.5 Å². The quantitative estimate of drug-likeness (QED) is 0.233. The molecule has 0 saturated heterocycles. The summed E-state index contributed by atoms with van der Waals surface area (Å²) in [4.78, 5) is 11.7. The van der Waals surface area contributed by atoms with Crippen LogP contribution < -0.4 is 0 Å². The Morgan fingerprint density at radius 3 is 2.09 bits per heavy atom. The van der Waals surface area contributed by atoms with Gasteiger partial charge in [0.1, 0.15) is 10.7 Å². The lowest BCUT2D eigenvalue weighted by atomic mass is 10.2. The van der Waals surface area contributed by atoms with E-state index in [9.17, 15) is 0 Å². The van der Waals surface area contributed by atoms with E-state index in [4.69, 9.17) is 15.1 Å². The van der Waals surface area contributed by atoms with Crippen molar-refractivity contribution in [3.8, 4) is 32.4 Å². The number of nitrogens with zero attached hydrogens (tertiary/aromatic N) is 5. The molecule has 6 aromatic rings. The fourth-order valence-corrected chi connectivity index (χ4v) is 5.77. The number of azo groups is 1. The van der Waals surface area contributed by atoms with E-state index < -0.39 is 0 Å². The van der Waals surface area contributed by atoms with Crippen LogP contribution in [0.25, 0.3) is 37.4 Å². The Labute approximate surface area is 204 Å². The second-order valence-electron chi connectivity index (χ2n) is 7.72. The molecule has 0 unspecified atom stereocenters. The highest BCUT2D eigenvalue weighted by Gasteiger charge is 2.23. The van der Waals surface area contributed by atoms with E-state index in [2.05, 4.69) is 39.2 Å². The molecule has 3 heterocycles. The van der Waals surface area contributed by atoms with Crippen LogP contribution in [-0.2, 0) is 0 Å². The maximum Gasteiger partial charge on any atom is 0.196 e. The molecule has 0 aliphatic carbocycles. The number of imidazole rings is 1. The topological polar surface area (TPSA) is 54.9 Å². The number of thiazole rings is 2. The Morgan fingerprint density at radius 2 is 1.38 bits per heavy atom. The minimum Gasteiger partial charge on any atom is -0.265 e. The highest BCUT2D eigenvalue weighted by atomic mass is 32.1. The van der Waals surface area contributed by atoms with Gasteiger partial charge >= 0.3 is 0 Å². The average molecular weight is 478 g/mol. The van der Waals surface area contributed by atoms with Gasteiger partial charge < -0.3 is 0 Å². The molecule has 0 aliphatic heterocycles. The Morgan fingerprint density at radius 1 is 0.735 bits per heavy atom. The summed E-state index contributed by atoms with van der Waals surface area (Å²) < 4.78 is 2.10. The third-order valence-electron chi connectivity index (χ3n) is 5.46. The smallest absolute Gasteiger partial charge is 0.196 e. The monoisotopic (exact) mass is 477 g/mol. The Kier molecular flexibility index (Phi) is 5.33. The molecule has 3 aromatic heterocycles. The van der Waals surface area contributed by atoms with Crippen molar-refractivity contribution in [2.45, 2.75) is 6.92 Å². The maximum absolute atomic E-state index is 5.01. The van der Waals surface area contributed by atoms with Crippen molar-refractivity contribution in [2.75, 3.05) is 0 Å². The molecular formula is C27H19N5S2. The molecule has 0 saturated carbocycles. The van der Waals surface area contributed by atoms with Crippen LogP contribution in [0.15, 0.2) is 107 Å². The van der Waals surface area contributed by atoms with Gasteiger partial charge in [-0.05, 0) is 24.6 Å². The molecule has 3 aromatic carbocycles. The van der Waals surface area contributed by atoms with Crippen LogP contribution in [0.3, 0.4) is 0 Å². The number of rotatable bonds is 5. The number of aromatic nitrogens is 3. The summed E-state index contributed by atoms with van der Waals surface area (Å²) in [5.74, 6) is 0.713. The summed E-state index contributed by atoms with van der Waals surface area (Å²) in [7, 11) is 0. The molecule has 0 radical (unpaired) electrons. The van der Waals surface area contributed by atoms with Crippen molar-refractivity contribution in [1.29, 1.82) is 0 Å². The fourth-order valence-electron chi connectivity index (χ4n) is 3.82. The SMILES string of the molecule is Cc1nc(-c2ccccc2)sc1-c1nc2scc(-c3ccccc3)n2c1N=Nc1ccccc1. The summed E-state index contributed by atoms with van der Waals surface area (Å²) in [5, 5.41) is 12.4. The van der Waals surface area contributed by atoms with Crippen molar-refractivity contribution >= 4 is 39.1 Å². The predicted octanol–water partition coefficient (Wildman–Crippen LogP) is 8.58. The molecule has 34 heavy (non-hydrogen) atoms.